The Labute approximate surface area is 230 Å². The second kappa shape index (κ2) is 10.5. The lowest BCUT2D eigenvalue weighted by Crippen LogP contribution is -2.52. The van der Waals surface area contributed by atoms with Gasteiger partial charge in [-0.2, -0.15) is 4.98 Å². The van der Waals surface area contributed by atoms with E-state index in [4.69, 9.17) is 9.15 Å². The van der Waals surface area contributed by atoms with E-state index in [2.05, 4.69) is 10.3 Å². The number of benzene rings is 2. The molecule has 1 aliphatic carbocycles. The third-order valence-corrected chi connectivity index (χ3v) is 7.65. The van der Waals surface area contributed by atoms with Gasteiger partial charge in [0.05, 0.1) is 12.1 Å². The number of carbonyl (C=O) groups is 1. The lowest BCUT2D eigenvalue weighted by atomic mass is 9.71. The van der Waals surface area contributed by atoms with Crippen molar-refractivity contribution >= 4 is 29.0 Å². The zero-order valence-electron chi connectivity index (χ0n) is 22.5. The second-order valence-electron chi connectivity index (χ2n) is 10.7. The monoisotopic (exact) mass is 549 g/mol. The van der Waals surface area contributed by atoms with Gasteiger partial charge in [0.2, 0.25) is 5.71 Å². The number of nitrogens with zero attached hydrogens (tertiary/aromatic N) is 2. The van der Waals surface area contributed by atoms with Crippen LogP contribution < -0.4 is 10.9 Å². The Hall–Kier alpha value is -3.59. The molecule has 0 saturated heterocycles. The van der Waals surface area contributed by atoms with E-state index in [0.717, 1.165) is 36.0 Å². The van der Waals surface area contributed by atoms with Crippen molar-refractivity contribution in [2.24, 2.45) is 0 Å². The third kappa shape index (κ3) is 5.20. The molecule has 1 amide bonds. The Morgan fingerprint density at radius 3 is 2.38 bits per heavy atom. The van der Waals surface area contributed by atoms with E-state index in [1.165, 1.54) is 16.3 Å². The summed E-state index contributed by atoms with van der Waals surface area (Å²) in [6.07, 6.45) is 4.01. The number of halogens is 1. The minimum Gasteiger partial charge on any atom is -0.444 e. The summed E-state index contributed by atoms with van der Waals surface area (Å²) in [5, 5.41) is 3.82. The van der Waals surface area contributed by atoms with E-state index >= 15 is 0 Å². The zero-order chi connectivity index (χ0) is 27.8. The molecule has 1 aliphatic rings. The molecule has 4 aromatic rings. The van der Waals surface area contributed by atoms with Crippen LogP contribution in [0, 0.1) is 0 Å². The van der Waals surface area contributed by atoms with Crippen LogP contribution in [0.1, 0.15) is 45.6 Å². The minimum atomic E-state index is -0.674. The summed E-state index contributed by atoms with van der Waals surface area (Å²) in [5.74, 6) is 0.514. The first-order chi connectivity index (χ1) is 18.7. The Kier molecular flexibility index (Phi) is 7.29. The number of hydrogen-bond donors (Lipinski definition) is 1. The number of alkyl halides is 1. The van der Waals surface area contributed by atoms with Crippen molar-refractivity contribution in [2.75, 3.05) is 12.9 Å². The van der Waals surface area contributed by atoms with Crippen molar-refractivity contribution in [2.45, 2.75) is 62.9 Å². The SMILES string of the molecule is CSc1nc2oc(-c3ccc(C4(NC(=O)OC(C)(C)C)CCC4)cc3)c(-c3ccccc3)c2c(=O)n1CCF. The average molecular weight is 550 g/mol. The fourth-order valence-electron chi connectivity index (χ4n) is 5.04. The van der Waals surface area contributed by atoms with E-state index in [9.17, 15) is 14.0 Å². The van der Waals surface area contributed by atoms with Gasteiger partial charge in [-0.05, 0) is 57.4 Å². The molecule has 0 spiro atoms. The van der Waals surface area contributed by atoms with Gasteiger partial charge < -0.3 is 14.5 Å². The molecule has 1 fully saturated rings. The van der Waals surface area contributed by atoms with Crippen molar-refractivity contribution in [3.05, 3.63) is 70.5 Å². The molecular formula is C30H32FN3O4S. The Bertz CT molecular complexity index is 1550. The van der Waals surface area contributed by atoms with Crippen LogP contribution in [0.2, 0.25) is 0 Å². The number of nitrogens with one attached hydrogen (secondary N) is 1. The van der Waals surface area contributed by atoms with Crippen molar-refractivity contribution in [3.8, 4) is 22.5 Å². The van der Waals surface area contributed by atoms with Crippen LogP contribution in [0.5, 0.6) is 0 Å². The fourth-order valence-corrected chi connectivity index (χ4v) is 5.61. The third-order valence-electron chi connectivity index (χ3n) is 6.98. The molecule has 0 aliphatic heterocycles. The molecule has 2 aromatic heterocycles. The summed E-state index contributed by atoms with van der Waals surface area (Å²) < 4.78 is 26.5. The van der Waals surface area contributed by atoms with E-state index in [1.807, 2.05) is 75.4 Å². The molecule has 1 saturated carbocycles. The smallest absolute Gasteiger partial charge is 0.408 e. The summed E-state index contributed by atoms with van der Waals surface area (Å²) in [6.45, 7) is 4.78. The molecule has 0 atom stereocenters. The molecule has 39 heavy (non-hydrogen) atoms. The van der Waals surface area contributed by atoms with Crippen LogP contribution in [-0.4, -0.2) is 34.2 Å². The summed E-state index contributed by atoms with van der Waals surface area (Å²) in [5.41, 5.74) is 2.01. The van der Waals surface area contributed by atoms with Gasteiger partial charge in [-0.15, -0.1) is 0 Å². The van der Waals surface area contributed by atoms with Gasteiger partial charge in [-0.25, -0.2) is 9.18 Å². The van der Waals surface area contributed by atoms with Gasteiger partial charge >= 0.3 is 6.09 Å². The quantitative estimate of drug-likeness (QED) is 0.199. The molecule has 0 radical (unpaired) electrons. The minimum absolute atomic E-state index is 0.0753. The van der Waals surface area contributed by atoms with Gasteiger partial charge in [0.15, 0.2) is 5.16 Å². The molecule has 7 nitrogen and oxygen atoms in total. The first-order valence-electron chi connectivity index (χ1n) is 13.0. The fraction of sp³-hybridized carbons (Fsp3) is 0.367. The standard InChI is InChI=1S/C30H32FN3O4S/c1-29(2,3)38-28(36)33-30(15-8-16-30)21-13-11-20(12-14-21)24-22(19-9-6-5-7-10-19)23-25(37-24)32-27(39-4)34(18-17-31)26(23)35/h5-7,9-14H,8,15-18H2,1-4H3,(H,33,36). The van der Waals surface area contributed by atoms with Crippen LogP contribution >= 0.6 is 11.8 Å². The van der Waals surface area contributed by atoms with Crippen molar-refractivity contribution in [1.82, 2.24) is 14.9 Å². The van der Waals surface area contributed by atoms with Crippen LogP contribution in [0.25, 0.3) is 33.6 Å². The van der Waals surface area contributed by atoms with Crippen molar-refractivity contribution in [3.63, 3.8) is 0 Å². The number of aromatic nitrogens is 2. The van der Waals surface area contributed by atoms with Gasteiger partial charge in [-0.3, -0.25) is 9.36 Å². The Morgan fingerprint density at radius 2 is 1.82 bits per heavy atom. The highest BCUT2D eigenvalue weighted by Gasteiger charge is 2.41. The highest BCUT2D eigenvalue weighted by molar-refractivity contribution is 7.98. The predicted molar refractivity (Wildman–Crippen MR) is 152 cm³/mol. The number of ether oxygens (including phenoxy) is 1. The van der Waals surface area contributed by atoms with Gasteiger partial charge in [0.25, 0.3) is 5.56 Å². The molecule has 0 unspecified atom stereocenters. The van der Waals surface area contributed by atoms with E-state index in [0.29, 0.717) is 21.9 Å². The Morgan fingerprint density at radius 1 is 1.13 bits per heavy atom. The Balaban J connectivity index is 1.60. The molecule has 2 heterocycles. The number of alkyl carbamates (subject to hydrolysis) is 1. The number of hydrogen-bond acceptors (Lipinski definition) is 6. The van der Waals surface area contributed by atoms with Gasteiger partial charge in [-0.1, -0.05) is 66.4 Å². The highest BCUT2D eigenvalue weighted by Crippen LogP contribution is 2.44. The molecule has 9 heteroatoms. The van der Waals surface area contributed by atoms with Gasteiger partial charge in [0.1, 0.15) is 23.4 Å². The number of amides is 1. The lowest BCUT2D eigenvalue weighted by Gasteiger charge is -2.43. The first-order valence-corrected chi connectivity index (χ1v) is 14.2. The first kappa shape index (κ1) is 27.0. The highest BCUT2D eigenvalue weighted by atomic mass is 32.2. The second-order valence-corrected chi connectivity index (χ2v) is 11.5. The topological polar surface area (TPSA) is 86.4 Å². The molecule has 2 aromatic carbocycles. The molecule has 1 N–H and O–H groups in total. The van der Waals surface area contributed by atoms with Gasteiger partial charge in [0, 0.05) is 11.1 Å². The zero-order valence-corrected chi connectivity index (χ0v) is 23.4. The number of rotatable bonds is 7. The summed E-state index contributed by atoms with van der Waals surface area (Å²) in [7, 11) is 0. The normalized spacial score (nSPS) is 14.7. The van der Waals surface area contributed by atoms with Crippen LogP contribution in [0.3, 0.4) is 0 Å². The lowest BCUT2D eigenvalue weighted by molar-refractivity contribution is 0.0377. The average Bonchev–Trinajstić information content (AvgIpc) is 3.27. The van der Waals surface area contributed by atoms with Crippen LogP contribution in [-0.2, 0) is 16.8 Å². The molecular weight excluding hydrogens is 517 g/mol. The molecule has 204 valence electrons. The summed E-state index contributed by atoms with van der Waals surface area (Å²) in [6, 6.07) is 17.4. The number of thioether (sulfide) groups is 1. The number of carbonyl (C=O) groups excluding carboxylic acids is 1. The van der Waals surface area contributed by atoms with Crippen molar-refractivity contribution in [1.29, 1.82) is 0 Å². The number of fused-ring (bicyclic) bond motifs is 1. The number of furan rings is 1. The van der Waals surface area contributed by atoms with E-state index in [1.54, 1.807) is 6.26 Å². The van der Waals surface area contributed by atoms with Crippen LogP contribution in [0.15, 0.2) is 69.0 Å². The maximum Gasteiger partial charge on any atom is 0.408 e. The predicted octanol–water partition coefficient (Wildman–Crippen LogP) is 6.92. The largest absolute Gasteiger partial charge is 0.444 e. The molecule has 0 bridgehead atoms. The molecule has 5 rings (SSSR count). The summed E-state index contributed by atoms with van der Waals surface area (Å²) >= 11 is 1.27. The van der Waals surface area contributed by atoms with Crippen molar-refractivity contribution < 1.29 is 18.3 Å². The van der Waals surface area contributed by atoms with Crippen LogP contribution in [0.4, 0.5) is 9.18 Å². The van der Waals surface area contributed by atoms with E-state index < -0.39 is 23.9 Å². The van der Waals surface area contributed by atoms with E-state index in [-0.39, 0.29) is 17.8 Å². The maximum absolute atomic E-state index is 13.6. The summed E-state index contributed by atoms with van der Waals surface area (Å²) in [4.78, 5) is 30.8. The maximum atomic E-state index is 13.6.